The van der Waals surface area contributed by atoms with Crippen molar-refractivity contribution >= 4 is 5.91 Å². The van der Waals surface area contributed by atoms with E-state index in [0.29, 0.717) is 32.0 Å². The summed E-state index contributed by atoms with van der Waals surface area (Å²) in [6.45, 7) is 5.82. The number of aromatic nitrogens is 2. The zero-order valence-electron chi connectivity index (χ0n) is 16.3. The molecule has 0 N–H and O–H groups in total. The van der Waals surface area contributed by atoms with Crippen molar-refractivity contribution in [1.82, 2.24) is 14.7 Å². The molecule has 5 nitrogen and oxygen atoms in total. The average Bonchev–Trinajstić information content (AvgIpc) is 3.14. The Balaban J connectivity index is 1.74. The summed E-state index contributed by atoms with van der Waals surface area (Å²) in [6.07, 6.45) is 2.71. The summed E-state index contributed by atoms with van der Waals surface area (Å²) in [7, 11) is 3.62. The number of methoxy groups -OCH3 is 1. The third kappa shape index (κ3) is 3.83. The predicted molar refractivity (Wildman–Crippen MR) is 102 cm³/mol. The lowest BCUT2D eigenvalue weighted by molar-refractivity contribution is -0.132. The number of ether oxygens (including phenoxy) is 1. The highest BCUT2D eigenvalue weighted by molar-refractivity contribution is 5.77. The Kier molecular flexibility index (Phi) is 5.77. The van der Waals surface area contributed by atoms with Gasteiger partial charge in [0.2, 0.25) is 5.91 Å². The van der Waals surface area contributed by atoms with Crippen molar-refractivity contribution in [2.45, 2.75) is 45.6 Å². The van der Waals surface area contributed by atoms with Crippen LogP contribution in [-0.4, -0.2) is 40.8 Å². The number of nitrogens with zero attached hydrogens (tertiary/aromatic N) is 3. The molecule has 1 atom stereocenters. The maximum absolute atomic E-state index is 13.1. The minimum atomic E-state index is 0.200. The van der Waals surface area contributed by atoms with Crippen LogP contribution in [0, 0.1) is 13.8 Å². The highest BCUT2D eigenvalue weighted by Crippen LogP contribution is 2.35. The summed E-state index contributed by atoms with van der Waals surface area (Å²) in [5, 5.41) is 4.48. The van der Waals surface area contributed by atoms with Crippen LogP contribution in [0.1, 0.15) is 46.8 Å². The smallest absolute Gasteiger partial charge is 0.223 e. The van der Waals surface area contributed by atoms with Crippen molar-refractivity contribution in [3.63, 3.8) is 0 Å². The number of hydrogen-bond donors (Lipinski definition) is 0. The Morgan fingerprint density at radius 3 is 2.81 bits per heavy atom. The Morgan fingerprint density at radius 1 is 1.35 bits per heavy atom. The molecule has 0 saturated carbocycles. The van der Waals surface area contributed by atoms with E-state index >= 15 is 0 Å². The van der Waals surface area contributed by atoms with Crippen LogP contribution in [0.4, 0.5) is 0 Å². The first-order chi connectivity index (χ1) is 12.5. The second-order valence-corrected chi connectivity index (χ2v) is 7.22. The van der Waals surface area contributed by atoms with Crippen LogP contribution in [0.3, 0.4) is 0 Å². The Morgan fingerprint density at radius 2 is 2.12 bits per heavy atom. The average molecular weight is 355 g/mol. The number of carbonyl (C=O) groups is 1. The maximum Gasteiger partial charge on any atom is 0.223 e. The third-order valence-electron chi connectivity index (χ3n) is 5.60. The normalized spacial score (nSPS) is 15.9. The predicted octanol–water partition coefficient (Wildman–Crippen LogP) is 3.13. The number of carbonyl (C=O) groups excluding carboxylic acids is 1. The first-order valence-corrected chi connectivity index (χ1v) is 9.34. The van der Waals surface area contributed by atoms with Gasteiger partial charge in [-0.1, -0.05) is 24.3 Å². The van der Waals surface area contributed by atoms with Crippen molar-refractivity contribution in [1.29, 1.82) is 0 Å². The molecule has 3 rings (SSSR count). The van der Waals surface area contributed by atoms with Crippen molar-refractivity contribution < 1.29 is 9.53 Å². The monoisotopic (exact) mass is 355 g/mol. The highest BCUT2D eigenvalue weighted by Gasteiger charge is 2.27. The second kappa shape index (κ2) is 8.04. The summed E-state index contributed by atoms with van der Waals surface area (Å²) in [5.41, 5.74) is 5.99. The minimum absolute atomic E-state index is 0.200. The molecule has 0 aliphatic heterocycles. The van der Waals surface area contributed by atoms with E-state index in [2.05, 4.69) is 36.3 Å². The van der Waals surface area contributed by atoms with Crippen LogP contribution < -0.4 is 0 Å². The van der Waals surface area contributed by atoms with Gasteiger partial charge in [0.05, 0.1) is 12.3 Å². The molecule has 1 aliphatic carbocycles. The number of benzene rings is 1. The van der Waals surface area contributed by atoms with E-state index in [4.69, 9.17) is 4.74 Å². The van der Waals surface area contributed by atoms with Crippen molar-refractivity contribution in [2.75, 3.05) is 20.3 Å². The molecular weight excluding hydrogens is 326 g/mol. The quantitative estimate of drug-likeness (QED) is 0.767. The number of hydrogen-bond acceptors (Lipinski definition) is 3. The van der Waals surface area contributed by atoms with Gasteiger partial charge in [0.1, 0.15) is 0 Å². The van der Waals surface area contributed by atoms with Crippen LogP contribution in [-0.2, 0) is 29.5 Å². The van der Waals surface area contributed by atoms with Gasteiger partial charge in [0, 0.05) is 44.9 Å². The van der Waals surface area contributed by atoms with Gasteiger partial charge in [0.25, 0.3) is 0 Å². The van der Waals surface area contributed by atoms with Crippen LogP contribution in [0.2, 0.25) is 0 Å². The summed E-state index contributed by atoms with van der Waals surface area (Å²) >= 11 is 0. The summed E-state index contributed by atoms with van der Waals surface area (Å²) in [4.78, 5) is 15.0. The molecule has 1 aliphatic rings. The summed E-state index contributed by atoms with van der Waals surface area (Å²) in [6, 6.07) is 8.52. The van der Waals surface area contributed by atoms with E-state index in [1.54, 1.807) is 7.11 Å². The fourth-order valence-electron chi connectivity index (χ4n) is 3.93. The summed E-state index contributed by atoms with van der Waals surface area (Å²) < 4.78 is 7.12. The number of amides is 1. The van der Waals surface area contributed by atoms with Crippen molar-refractivity contribution in [2.24, 2.45) is 7.05 Å². The number of aryl methyl sites for hydroxylation is 3. The summed E-state index contributed by atoms with van der Waals surface area (Å²) in [5.74, 6) is 0.534. The molecule has 2 aromatic rings. The fraction of sp³-hybridized carbons (Fsp3) is 0.524. The van der Waals surface area contributed by atoms with E-state index in [0.717, 1.165) is 29.8 Å². The zero-order chi connectivity index (χ0) is 18.7. The lowest BCUT2D eigenvalue weighted by Crippen LogP contribution is -2.34. The maximum atomic E-state index is 13.1. The zero-order valence-corrected chi connectivity index (χ0v) is 16.3. The van der Waals surface area contributed by atoms with Gasteiger partial charge in [0.15, 0.2) is 0 Å². The molecule has 0 unspecified atom stereocenters. The largest absolute Gasteiger partial charge is 0.383 e. The topological polar surface area (TPSA) is 47.4 Å². The van der Waals surface area contributed by atoms with Crippen molar-refractivity contribution in [3.05, 3.63) is 52.3 Å². The SMILES string of the molecule is COCCN(Cc1c(C)nn(C)c1C)C(=O)C[C@@H]1CCc2ccccc21. The molecule has 0 saturated heterocycles. The van der Waals surface area contributed by atoms with E-state index in [1.807, 2.05) is 23.6 Å². The molecule has 0 radical (unpaired) electrons. The van der Waals surface area contributed by atoms with Crippen LogP contribution in [0.15, 0.2) is 24.3 Å². The second-order valence-electron chi connectivity index (χ2n) is 7.22. The first-order valence-electron chi connectivity index (χ1n) is 9.34. The van der Waals surface area contributed by atoms with Gasteiger partial charge in [-0.15, -0.1) is 0 Å². The fourth-order valence-corrected chi connectivity index (χ4v) is 3.93. The van der Waals surface area contributed by atoms with E-state index in [9.17, 15) is 4.79 Å². The molecule has 1 aromatic carbocycles. The Labute approximate surface area is 156 Å². The number of fused-ring (bicyclic) bond motifs is 1. The van der Waals surface area contributed by atoms with Gasteiger partial charge in [-0.05, 0) is 43.7 Å². The molecule has 26 heavy (non-hydrogen) atoms. The van der Waals surface area contributed by atoms with E-state index in [-0.39, 0.29) is 5.91 Å². The number of rotatable bonds is 7. The Hall–Kier alpha value is -2.14. The van der Waals surface area contributed by atoms with Crippen molar-refractivity contribution in [3.8, 4) is 0 Å². The molecule has 1 aromatic heterocycles. The molecule has 1 amide bonds. The standard InChI is InChI=1S/C21H29N3O2/c1-15-20(16(2)23(3)22-15)14-24(11-12-26-4)21(25)13-18-10-9-17-7-5-6-8-19(17)18/h5-8,18H,9-14H2,1-4H3/t18-/m0/s1. The van der Waals surface area contributed by atoms with E-state index in [1.165, 1.54) is 11.1 Å². The van der Waals surface area contributed by atoms with E-state index < -0.39 is 0 Å². The lowest BCUT2D eigenvalue weighted by atomic mass is 9.97. The molecule has 0 spiro atoms. The molecule has 140 valence electrons. The highest BCUT2D eigenvalue weighted by atomic mass is 16.5. The third-order valence-corrected chi connectivity index (χ3v) is 5.60. The van der Waals surface area contributed by atoms with Crippen LogP contribution in [0.25, 0.3) is 0 Å². The van der Waals surface area contributed by atoms with Gasteiger partial charge in [-0.2, -0.15) is 5.10 Å². The molecular formula is C21H29N3O2. The molecule has 0 fully saturated rings. The molecule has 1 heterocycles. The molecule has 0 bridgehead atoms. The first kappa shape index (κ1) is 18.6. The Bertz CT molecular complexity index is 782. The van der Waals surface area contributed by atoms with Crippen LogP contribution in [0.5, 0.6) is 0 Å². The molecule has 5 heteroatoms. The van der Waals surface area contributed by atoms with Crippen LogP contribution >= 0.6 is 0 Å². The van der Waals surface area contributed by atoms with Gasteiger partial charge < -0.3 is 9.64 Å². The minimum Gasteiger partial charge on any atom is -0.383 e. The van der Waals surface area contributed by atoms with Gasteiger partial charge in [-0.3, -0.25) is 9.48 Å². The van der Waals surface area contributed by atoms with Gasteiger partial charge in [-0.25, -0.2) is 0 Å². The lowest BCUT2D eigenvalue weighted by Gasteiger charge is -2.24. The van der Waals surface area contributed by atoms with Gasteiger partial charge >= 0.3 is 0 Å².